The molecule has 0 aliphatic carbocycles. The third-order valence-corrected chi connectivity index (χ3v) is 3.39. The first-order valence-corrected chi connectivity index (χ1v) is 6.86. The predicted octanol–water partition coefficient (Wildman–Crippen LogP) is 1.72. The first-order chi connectivity index (χ1) is 10.7. The van der Waals surface area contributed by atoms with Gasteiger partial charge in [0.2, 0.25) is 5.78 Å². The van der Waals surface area contributed by atoms with Crippen LogP contribution < -0.4 is 0 Å². The van der Waals surface area contributed by atoms with Gasteiger partial charge in [0.15, 0.2) is 5.82 Å². The summed E-state index contributed by atoms with van der Waals surface area (Å²) in [5.41, 5.74) is 2.91. The van der Waals surface area contributed by atoms with Crippen molar-refractivity contribution in [1.82, 2.24) is 20.2 Å². The van der Waals surface area contributed by atoms with Gasteiger partial charge in [-0.1, -0.05) is 30.3 Å². The van der Waals surface area contributed by atoms with Crippen molar-refractivity contribution in [2.75, 3.05) is 0 Å². The standard InChI is InChI=1S/C16H14N4O2/c21-14(15(22)16-18-10-19-20-16)9-13-12(6-7-17-13)8-11-4-2-1-3-5-11/h1-7,10,17H,8-9H2,(H,18,19,20). The van der Waals surface area contributed by atoms with Gasteiger partial charge in [0.05, 0.1) is 6.42 Å². The van der Waals surface area contributed by atoms with Crippen LogP contribution >= 0.6 is 0 Å². The van der Waals surface area contributed by atoms with E-state index in [0.717, 1.165) is 16.8 Å². The van der Waals surface area contributed by atoms with E-state index in [1.54, 1.807) is 6.20 Å². The molecule has 6 heteroatoms. The molecule has 22 heavy (non-hydrogen) atoms. The maximum Gasteiger partial charge on any atom is 0.265 e. The number of H-pyrrole nitrogens is 2. The van der Waals surface area contributed by atoms with E-state index in [9.17, 15) is 9.59 Å². The SMILES string of the molecule is O=C(Cc1[nH]ccc1Cc1ccccc1)C(=O)c1ncn[nH]1. The number of aromatic nitrogens is 4. The fourth-order valence-electron chi connectivity index (χ4n) is 2.27. The van der Waals surface area contributed by atoms with Gasteiger partial charge in [-0.3, -0.25) is 14.7 Å². The number of aromatic amines is 2. The molecule has 0 amide bonds. The van der Waals surface area contributed by atoms with E-state index in [1.165, 1.54) is 6.33 Å². The monoisotopic (exact) mass is 294 g/mol. The van der Waals surface area contributed by atoms with Crippen molar-refractivity contribution in [3.8, 4) is 0 Å². The van der Waals surface area contributed by atoms with Crippen LogP contribution in [0.2, 0.25) is 0 Å². The molecule has 0 aliphatic rings. The van der Waals surface area contributed by atoms with E-state index in [0.29, 0.717) is 6.42 Å². The molecule has 2 heterocycles. The molecule has 6 nitrogen and oxygen atoms in total. The summed E-state index contributed by atoms with van der Waals surface area (Å²) in [6, 6.07) is 11.9. The maximum absolute atomic E-state index is 12.1. The molecular weight excluding hydrogens is 280 g/mol. The van der Waals surface area contributed by atoms with E-state index in [4.69, 9.17) is 0 Å². The van der Waals surface area contributed by atoms with Crippen LogP contribution in [0.1, 0.15) is 27.4 Å². The largest absolute Gasteiger partial charge is 0.364 e. The van der Waals surface area contributed by atoms with Gasteiger partial charge in [-0.05, 0) is 23.6 Å². The van der Waals surface area contributed by atoms with E-state index in [2.05, 4.69) is 20.2 Å². The van der Waals surface area contributed by atoms with Crippen LogP contribution in [-0.2, 0) is 17.6 Å². The first kappa shape index (κ1) is 13.9. The third kappa shape index (κ3) is 3.01. The predicted molar refractivity (Wildman–Crippen MR) is 79.5 cm³/mol. The van der Waals surface area contributed by atoms with Crippen molar-refractivity contribution in [3.63, 3.8) is 0 Å². The van der Waals surface area contributed by atoms with E-state index < -0.39 is 11.6 Å². The van der Waals surface area contributed by atoms with Gasteiger partial charge >= 0.3 is 0 Å². The Morgan fingerprint density at radius 3 is 2.64 bits per heavy atom. The van der Waals surface area contributed by atoms with E-state index >= 15 is 0 Å². The summed E-state index contributed by atoms with van der Waals surface area (Å²) in [6.07, 6.45) is 3.72. The Morgan fingerprint density at radius 1 is 1.09 bits per heavy atom. The summed E-state index contributed by atoms with van der Waals surface area (Å²) >= 11 is 0. The van der Waals surface area contributed by atoms with Crippen LogP contribution in [0.4, 0.5) is 0 Å². The summed E-state index contributed by atoms with van der Waals surface area (Å²) in [5, 5.41) is 5.99. The van der Waals surface area contributed by atoms with Crippen molar-refractivity contribution in [1.29, 1.82) is 0 Å². The number of carbonyl (C=O) groups excluding carboxylic acids is 2. The van der Waals surface area contributed by atoms with Gasteiger partial charge in [-0.15, -0.1) is 0 Å². The van der Waals surface area contributed by atoms with Crippen molar-refractivity contribution in [2.45, 2.75) is 12.8 Å². The zero-order valence-corrected chi connectivity index (χ0v) is 11.7. The summed E-state index contributed by atoms with van der Waals surface area (Å²) in [7, 11) is 0. The second-order valence-corrected chi connectivity index (χ2v) is 4.91. The Morgan fingerprint density at radius 2 is 1.91 bits per heavy atom. The van der Waals surface area contributed by atoms with Crippen molar-refractivity contribution in [2.24, 2.45) is 0 Å². The van der Waals surface area contributed by atoms with Crippen molar-refractivity contribution in [3.05, 3.63) is 71.6 Å². The van der Waals surface area contributed by atoms with E-state index in [-0.39, 0.29) is 12.2 Å². The minimum absolute atomic E-state index is 0.0225. The molecule has 0 aliphatic heterocycles. The summed E-state index contributed by atoms with van der Waals surface area (Å²) in [4.78, 5) is 30.7. The van der Waals surface area contributed by atoms with Crippen LogP contribution in [0, 0.1) is 0 Å². The normalized spacial score (nSPS) is 10.5. The molecule has 0 atom stereocenters. The molecular formula is C16H14N4O2. The van der Waals surface area contributed by atoms with Crippen LogP contribution in [0.25, 0.3) is 0 Å². The fraction of sp³-hybridized carbons (Fsp3) is 0.125. The maximum atomic E-state index is 12.1. The molecule has 2 N–H and O–H groups in total. The highest BCUT2D eigenvalue weighted by molar-refractivity contribution is 6.43. The molecule has 0 saturated carbocycles. The van der Waals surface area contributed by atoms with Crippen LogP contribution in [-0.4, -0.2) is 31.7 Å². The number of rotatable bonds is 6. The lowest BCUT2D eigenvalue weighted by Gasteiger charge is -2.03. The Kier molecular flexibility index (Phi) is 3.91. The van der Waals surface area contributed by atoms with Gasteiger partial charge in [-0.2, -0.15) is 5.10 Å². The molecule has 0 fully saturated rings. The minimum atomic E-state index is -0.655. The number of nitrogens with one attached hydrogen (secondary N) is 2. The minimum Gasteiger partial charge on any atom is -0.364 e. The zero-order valence-electron chi connectivity index (χ0n) is 11.7. The van der Waals surface area contributed by atoms with Gasteiger partial charge in [0.1, 0.15) is 6.33 Å². The Balaban J connectivity index is 1.72. The van der Waals surface area contributed by atoms with Crippen LogP contribution in [0.5, 0.6) is 0 Å². The number of benzene rings is 1. The van der Waals surface area contributed by atoms with E-state index in [1.807, 2.05) is 36.4 Å². The van der Waals surface area contributed by atoms with Gasteiger partial charge < -0.3 is 4.98 Å². The molecule has 3 aromatic rings. The van der Waals surface area contributed by atoms with Crippen LogP contribution in [0.3, 0.4) is 0 Å². The molecule has 3 rings (SSSR count). The topological polar surface area (TPSA) is 91.5 Å². The van der Waals surface area contributed by atoms with Gasteiger partial charge in [0.25, 0.3) is 5.78 Å². The summed E-state index contributed by atoms with van der Waals surface area (Å²) in [6.45, 7) is 0. The van der Waals surface area contributed by atoms with Crippen LogP contribution in [0.15, 0.2) is 48.9 Å². The summed E-state index contributed by atoms with van der Waals surface area (Å²) < 4.78 is 0. The molecule has 1 aromatic carbocycles. The zero-order chi connectivity index (χ0) is 15.4. The number of carbonyl (C=O) groups is 2. The summed E-state index contributed by atoms with van der Waals surface area (Å²) in [5.74, 6) is -1.20. The lowest BCUT2D eigenvalue weighted by Crippen LogP contribution is -2.19. The Labute approximate surface area is 126 Å². The Bertz CT molecular complexity index is 776. The number of nitrogens with zero attached hydrogens (tertiary/aromatic N) is 2. The first-order valence-electron chi connectivity index (χ1n) is 6.86. The average Bonchev–Trinajstić information content (AvgIpc) is 3.20. The number of hydrogen-bond donors (Lipinski definition) is 2. The molecule has 0 saturated heterocycles. The lowest BCUT2D eigenvalue weighted by molar-refractivity contribution is -0.114. The molecule has 0 spiro atoms. The lowest BCUT2D eigenvalue weighted by atomic mass is 10.0. The quantitative estimate of drug-likeness (QED) is 0.535. The number of hydrogen-bond acceptors (Lipinski definition) is 4. The molecule has 0 unspecified atom stereocenters. The highest BCUT2D eigenvalue weighted by Crippen LogP contribution is 2.14. The molecule has 2 aromatic heterocycles. The highest BCUT2D eigenvalue weighted by atomic mass is 16.2. The second-order valence-electron chi connectivity index (χ2n) is 4.91. The third-order valence-electron chi connectivity index (χ3n) is 3.39. The smallest absolute Gasteiger partial charge is 0.265 e. The fourth-order valence-corrected chi connectivity index (χ4v) is 2.27. The number of Topliss-reactive ketones (excluding diaryl/α,β-unsaturated/α-hetero) is 2. The van der Waals surface area contributed by atoms with Gasteiger partial charge in [0, 0.05) is 11.9 Å². The second kappa shape index (κ2) is 6.17. The molecule has 0 bridgehead atoms. The van der Waals surface area contributed by atoms with Gasteiger partial charge in [-0.25, -0.2) is 4.98 Å². The average molecular weight is 294 g/mol. The van der Waals surface area contributed by atoms with Crippen molar-refractivity contribution < 1.29 is 9.59 Å². The Hall–Kier alpha value is -3.02. The number of ketones is 2. The molecule has 110 valence electrons. The molecule has 0 radical (unpaired) electrons. The van der Waals surface area contributed by atoms with Crippen molar-refractivity contribution >= 4 is 11.6 Å². The highest BCUT2D eigenvalue weighted by Gasteiger charge is 2.20.